The molecule has 8 heteroatoms. The van der Waals surface area contributed by atoms with Crippen LogP contribution in [0.25, 0.3) is 0 Å². The Kier molecular flexibility index (Phi) is 7.11. The van der Waals surface area contributed by atoms with Gasteiger partial charge in [0.2, 0.25) is 10.0 Å². The van der Waals surface area contributed by atoms with Crippen LogP contribution in [0, 0.1) is 11.3 Å². The number of carbonyl (C=O) groups is 1. The smallest absolute Gasteiger partial charge is 0.251 e. The van der Waals surface area contributed by atoms with Gasteiger partial charge in [-0.25, -0.2) is 13.1 Å². The number of hydrogen-bond acceptors (Lipinski definition) is 5. The van der Waals surface area contributed by atoms with Crippen LogP contribution < -0.4 is 10.0 Å². The Morgan fingerprint density at radius 1 is 1.13 bits per heavy atom. The summed E-state index contributed by atoms with van der Waals surface area (Å²) >= 11 is 0. The molecule has 3 rings (SSSR count). The molecule has 0 aliphatic carbocycles. The third kappa shape index (κ3) is 5.70. The fraction of sp³-hybridized carbons (Fsp3) is 0.391. The normalized spacial score (nSPS) is 14.5. The first-order chi connectivity index (χ1) is 14.7. The van der Waals surface area contributed by atoms with Gasteiger partial charge in [0.05, 0.1) is 11.0 Å². The third-order valence-electron chi connectivity index (χ3n) is 5.62. The minimum atomic E-state index is -3.69. The summed E-state index contributed by atoms with van der Waals surface area (Å²) in [5, 5.41) is 11.5. The number of benzene rings is 2. The molecule has 31 heavy (non-hydrogen) atoms. The second kappa shape index (κ2) is 9.60. The first-order valence-electron chi connectivity index (χ1n) is 10.3. The van der Waals surface area contributed by atoms with Gasteiger partial charge in [-0.3, -0.25) is 9.69 Å². The van der Waals surface area contributed by atoms with E-state index in [1.165, 1.54) is 35.4 Å². The molecule has 2 aromatic carbocycles. The molecule has 0 radical (unpaired) electrons. The van der Waals surface area contributed by atoms with Crippen LogP contribution in [-0.4, -0.2) is 44.4 Å². The van der Waals surface area contributed by atoms with E-state index in [1.807, 2.05) is 6.07 Å². The summed E-state index contributed by atoms with van der Waals surface area (Å²) in [6.07, 6.45) is 1.09. The van der Waals surface area contributed by atoms with Crippen molar-refractivity contribution < 1.29 is 13.2 Å². The zero-order valence-corrected chi connectivity index (χ0v) is 18.7. The molecule has 2 aromatic rings. The van der Waals surface area contributed by atoms with Gasteiger partial charge in [-0.05, 0) is 55.7 Å². The molecule has 2 N–H and O–H groups in total. The van der Waals surface area contributed by atoms with Crippen molar-refractivity contribution in [2.24, 2.45) is 0 Å². The molecule has 1 aliphatic rings. The number of rotatable bonds is 8. The summed E-state index contributed by atoms with van der Waals surface area (Å²) in [6, 6.07) is 16.1. The Morgan fingerprint density at radius 3 is 2.48 bits per heavy atom. The molecule has 0 fully saturated rings. The predicted octanol–water partition coefficient (Wildman–Crippen LogP) is 2.45. The zero-order chi connectivity index (χ0) is 22.5. The average Bonchev–Trinajstić information content (AvgIpc) is 2.77. The van der Waals surface area contributed by atoms with E-state index in [9.17, 15) is 13.2 Å². The van der Waals surface area contributed by atoms with Crippen LogP contribution in [0.4, 0.5) is 0 Å². The lowest BCUT2D eigenvalue weighted by Crippen LogP contribution is -2.53. The van der Waals surface area contributed by atoms with Crippen LogP contribution in [0.2, 0.25) is 0 Å². The van der Waals surface area contributed by atoms with Gasteiger partial charge in [0.15, 0.2) is 0 Å². The van der Waals surface area contributed by atoms with Crippen LogP contribution in [0.5, 0.6) is 0 Å². The molecule has 0 saturated carbocycles. The highest BCUT2D eigenvalue weighted by molar-refractivity contribution is 7.89. The fourth-order valence-corrected chi connectivity index (χ4v) is 4.66. The molecule has 1 amide bonds. The molecule has 0 unspecified atom stereocenters. The summed E-state index contributed by atoms with van der Waals surface area (Å²) < 4.78 is 26.7. The molecule has 7 nitrogen and oxygen atoms in total. The minimum absolute atomic E-state index is 0.0527. The first-order valence-corrected chi connectivity index (χ1v) is 11.8. The lowest BCUT2D eigenvalue weighted by molar-refractivity contribution is 0.0826. The number of sulfonamides is 1. The largest absolute Gasteiger partial charge is 0.350 e. The molecule has 0 saturated heterocycles. The van der Waals surface area contributed by atoms with Gasteiger partial charge in [0, 0.05) is 43.7 Å². The number of nitrogens with zero attached hydrogens (tertiary/aromatic N) is 2. The van der Waals surface area contributed by atoms with Crippen molar-refractivity contribution in [3.05, 3.63) is 65.2 Å². The number of nitriles is 1. The van der Waals surface area contributed by atoms with Crippen LogP contribution in [0.1, 0.15) is 41.8 Å². The summed E-state index contributed by atoms with van der Waals surface area (Å²) in [6.45, 7) is 6.55. The van der Waals surface area contributed by atoms with Crippen molar-refractivity contribution in [2.75, 3.05) is 19.6 Å². The van der Waals surface area contributed by atoms with Crippen molar-refractivity contribution in [3.8, 4) is 6.07 Å². The molecule has 1 aliphatic heterocycles. The van der Waals surface area contributed by atoms with E-state index in [0.717, 1.165) is 19.5 Å². The molecule has 0 bridgehead atoms. The van der Waals surface area contributed by atoms with Crippen molar-refractivity contribution >= 4 is 15.9 Å². The topological polar surface area (TPSA) is 102 Å². The Morgan fingerprint density at radius 2 is 1.81 bits per heavy atom. The number of fused-ring (bicyclic) bond motifs is 1. The van der Waals surface area contributed by atoms with Crippen LogP contribution in [0.15, 0.2) is 53.4 Å². The lowest BCUT2D eigenvalue weighted by Gasteiger charge is -2.41. The van der Waals surface area contributed by atoms with Crippen molar-refractivity contribution in [3.63, 3.8) is 0 Å². The summed E-state index contributed by atoms with van der Waals surface area (Å²) in [5.41, 5.74) is 2.89. The second-order valence-corrected chi connectivity index (χ2v) is 10.0. The monoisotopic (exact) mass is 440 g/mol. The molecule has 0 aromatic heterocycles. The maximum Gasteiger partial charge on any atom is 0.251 e. The van der Waals surface area contributed by atoms with Gasteiger partial charge in [-0.15, -0.1) is 0 Å². The number of amides is 1. The lowest BCUT2D eigenvalue weighted by atomic mass is 9.94. The fourth-order valence-electron chi connectivity index (χ4n) is 3.63. The van der Waals surface area contributed by atoms with Crippen molar-refractivity contribution in [1.29, 1.82) is 5.26 Å². The zero-order valence-electron chi connectivity index (χ0n) is 17.9. The standard InChI is InChI=1S/C23H28N4O3S/c1-23(2,27-15-12-18-6-3-4-7-20(18)16-27)17-25-22(28)19-8-10-21(11-9-19)31(29,30)26-14-5-13-24/h3-4,6-11,26H,5,12,14-17H2,1-2H3,(H,25,28). The highest BCUT2D eigenvalue weighted by atomic mass is 32.2. The van der Waals surface area contributed by atoms with Crippen LogP contribution in [-0.2, 0) is 23.0 Å². The van der Waals surface area contributed by atoms with Gasteiger partial charge in [-0.2, -0.15) is 5.26 Å². The van der Waals surface area contributed by atoms with E-state index in [2.05, 4.69) is 53.1 Å². The van der Waals surface area contributed by atoms with E-state index in [4.69, 9.17) is 5.26 Å². The molecule has 164 valence electrons. The Balaban J connectivity index is 1.58. The van der Waals surface area contributed by atoms with Crippen LogP contribution >= 0.6 is 0 Å². The number of nitrogens with one attached hydrogen (secondary N) is 2. The van der Waals surface area contributed by atoms with Gasteiger partial charge >= 0.3 is 0 Å². The Labute approximate surface area is 184 Å². The van der Waals surface area contributed by atoms with Crippen molar-refractivity contribution in [1.82, 2.24) is 14.9 Å². The SMILES string of the molecule is CC(C)(CNC(=O)c1ccc(S(=O)(=O)NCCC#N)cc1)N1CCc2ccccc2C1. The number of carbonyl (C=O) groups excluding carboxylic acids is 1. The highest BCUT2D eigenvalue weighted by Gasteiger charge is 2.30. The minimum Gasteiger partial charge on any atom is -0.350 e. The van der Waals surface area contributed by atoms with E-state index in [-0.39, 0.29) is 29.3 Å². The van der Waals surface area contributed by atoms with Gasteiger partial charge in [0.25, 0.3) is 5.91 Å². The van der Waals surface area contributed by atoms with Crippen molar-refractivity contribution in [2.45, 2.75) is 43.7 Å². The average molecular weight is 441 g/mol. The third-order valence-corrected chi connectivity index (χ3v) is 7.10. The Bertz CT molecular complexity index is 1070. The molecule has 0 atom stereocenters. The first kappa shape index (κ1) is 22.9. The maximum absolute atomic E-state index is 12.6. The highest BCUT2D eigenvalue weighted by Crippen LogP contribution is 2.25. The van der Waals surface area contributed by atoms with E-state index in [1.54, 1.807) is 0 Å². The van der Waals surface area contributed by atoms with Gasteiger partial charge in [0.1, 0.15) is 0 Å². The number of hydrogen-bond donors (Lipinski definition) is 2. The quantitative estimate of drug-likeness (QED) is 0.614. The van der Waals surface area contributed by atoms with E-state index < -0.39 is 10.0 Å². The molecular formula is C23H28N4O3S. The molecular weight excluding hydrogens is 412 g/mol. The van der Waals surface area contributed by atoms with E-state index in [0.29, 0.717) is 12.1 Å². The maximum atomic E-state index is 12.6. The second-order valence-electron chi connectivity index (χ2n) is 8.27. The molecule has 1 heterocycles. The molecule has 0 spiro atoms. The summed E-state index contributed by atoms with van der Waals surface area (Å²) in [7, 11) is -3.69. The van der Waals surface area contributed by atoms with Gasteiger partial charge < -0.3 is 5.32 Å². The predicted molar refractivity (Wildman–Crippen MR) is 119 cm³/mol. The summed E-state index contributed by atoms with van der Waals surface area (Å²) in [4.78, 5) is 15.1. The van der Waals surface area contributed by atoms with E-state index >= 15 is 0 Å². The van der Waals surface area contributed by atoms with Crippen LogP contribution in [0.3, 0.4) is 0 Å². The Hall–Kier alpha value is -2.73. The summed E-state index contributed by atoms with van der Waals surface area (Å²) in [5.74, 6) is -0.244. The van der Waals surface area contributed by atoms with Gasteiger partial charge in [-0.1, -0.05) is 24.3 Å².